The highest BCUT2D eigenvalue weighted by atomic mass is 16.3. The lowest BCUT2D eigenvalue weighted by atomic mass is 9.82. The molecule has 3 aromatic carbocycles. The highest BCUT2D eigenvalue weighted by Gasteiger charge is 2.33. The van der Waals surface area contributed by atoms with E-state index in [1.54, 1.807) is 12.3 Å². The molecule has 1 unspecified atom stereocenters. The fourth-order valence-corrected chi connectivity index (χ4v) is 3.11. The minimum absolute atomic E-state index is 0.543. The maximum atomic E-state index is 10.7. The minimum Gasteiger partial charge on any atom is -0.368 e. The summed E-state index contributed by atoms with van der Waals surface area (Å²) >= 11 is 0. The van der Waals surface area contributed by atoms with Gasteiger partial charge in [-0.05, 0) is 40.1 Å². The average molecular weight is 324 g/mol. The Hall–Kier alpha value is -3.35. The number of rotatable bonds is 2. The third kappa shape index (κ3) is 2.69. The predicted molar refractivity (Wildman–Crippen MR) is 102 cm³/mol. The zero-order valence-electron chi connectivity index (χ0n) is 13.5. The molecular weight excluding hydrogens is 308 g/mol. The molecule has 0 fully saturated rings. The van der Waals surface area contributed by atoms with Gasteiger partial charge in [-0.1, -0.05) is 60.7 Å². The zero-order chi connectivity index (χ0) is 17.3. The summed E-state index contributed by atoms with van der Waals surface area (Å²) in [4.78, 5) is 0. The summed E-state index contributed by atoms with van der Waals surface area (Å²) in [6.45, 7) is 0. The summed E-state index contributed by atoms with van der Waals surface area (Å²) in [5, 5.41) is 25.7. The monoisotopic (exact) mass is 324 g/mol. The number of benzene rings is 3. The maximum Gasteiger partial charge on any atom is 0.198 e. The van der Waals surface area contributed by atoms with Crippen LogP contribution in [-0.2, 0) is 0 Å². The number of nitrogens with one attached hydrogen (secondary N) is 1. The van der Waals surface area contributed by atoms with E-state index in [1.807, 2.05) is 60.7 Å². The molecule has 0 saturated heterocycles. The van der Waals surface area contributed by atoms with E-state index in [-0.39, 0.29) is 0 Å². The van der Waals surface area contributed by atoms with Gasteiger partial charge in [-0.3, -0.25) is 0 Å². The Bertz CT molecular complexity index is 1060. The fourth-order valence-electron chi connectivity index (χ4n) is 3.11. The Labute approximate surface area is 146 Å². The first-order valence-electron chi connectivity index (χ1n) is 8.08. The number of nitriles is 1. The molecule has 1 atom stereocenters. The van der Waals surface area contributed by atoms with E-state index in [2.05, 4.69) is 17.4 Å². The predicted octanol–water partition coefficient (Wildman–Crippen LogP) is 4.57. The average Bonchev–Trinajstić information content (AvgIpc) is 2.67. The van der Waals surface area contributed by atoms with Crippen LogP contribution in [0, 0.1) is 11.3 Å². The lowest BCUT2D eigenvalue weighted by Gasteiger charge is -2.26. The molecule has 0 spiro atoms. The highest BCUT2D eigenvalue weighted by molar-refractivity contribution is 5.89. The molecule has 3 heteroatoms. The molecule has 120 valence electrons. The van der Waals surface area contributed by atoms with Crippen molar-refractivity contribution in [3.63, 3.8) is 0 Å². The number of hydrogen-bond donors (Lipinski definition) is 2. The van der Waals surface area contributed by atoms with E-state index in [1.165, 1.54) is 11.5 Å². The Morgan fingerprint density at radius 1 is 0.960 bits per heavy atom. The smallest absolute Gasteiger partial charge is 0.198 e. The van der Waals surface area contributed by atoms with Gasteiger partial charge >= 0.3 is 0 Å². The highest BCUT2D eigenvalue weighted by Crippen LogP contribution is 2.36. The number of hydrogen-bond acceptors (Lipinski definition) is 3. The van der Waals surface area contributed by atoms with E-state index in [0.717, 1.165) is 22.2 Å². The normalized spacial score (nSPS) is 20.2. The van der Waals surface area contributed by atoms with Crippen LogP contribution >= 0.6 is 0 Å². The quantitative estimate of drug-likeness (QED) is 0.679. The molecule has 1 aliphatic carbocycles. The molecule has 0 bridgehead atoms. The summed E-state index contributed by atoms with van der Waals surface area (Å²) in [5.41, 5.74) is 1.63. The van der Waals surface area contributed by atoms with E-state index in [0.29, 0.717) is 5.57 Å². The van der Waals surface area contributed by atoms with Crippen molar-refractivity contribution in [2.75, 3.05) is 5.32 Å². The van der Waals surface area contributed by atoms with Crippen molar-refractivity contribution in [3.8, 4) is 6.07 Å². The van der Waals surface area contributed by atoms with Crippen LogP contribution in [-0.4, -0.2) is 10.7 Å². The van der Waals surface area contributed by atoms with Crippen LogP contribution in [0.25, 0.3) is 22.4 Å². The van der Waals surface area contributed by atoms with Crippen molar-refractivity contribution in [1.29, 1.82) is 5.26 Å². The third-order valence-corrected chi connectivity index (χ3v) is 4.47. The molecule has 0 amide bonds. The van der Waals surface area contributed by atoms with Gasteiger partial charge in [0.1, 0.15) is 6.07 Å². The molecule has 0 saturated carbocycles. The van der Waals surface area contributed by atoms with Gasteiger partial charge in [0.15, 0.2) is 5.60 Å². The Morgan fingerprint density at radius 3 is 2.56 bits per heavy atom. The van der Waals surface area contributed by atoms with Gasteiger partial charge in [0.05, 0.1) is 0 Å². The molecule has 2 N–H and O–H groups in total. The van der Waals surface area contributed by atoms with Crippen LogP contribution in [0.1, 0.15) is 11.1 Å². The van der Waals surface area contributed by atoms with E-state index in [4.69, 9.17) is 0 Å². The summed E-state index contributed by atoms with van der Waals surface area (Å²) in [6.07, 6.45) is 5.03. The second-order valence-electron chi connectivity index (χ2n) is 6.06. The van der Waals surface area contributed by atoms with Crippen molar-refractivity contribution in [2.24, 2.45) is 0 Å². The van der Waals surface area contributed by atoms with Gasteiger partial charge in [0.2, 0.25) is 0 Å². The third-order valence-electron chi connectivity index (χ3n) is 4.47. The second kappa shape index (κ2) is 5.94. The Morgan fingerprint density at radius 2 is 1.72 bits per heavy atom. The van der Waals surface area contributed by atoms with Gasteiger partial charge in [0.25, 0.3) is 0 Å². The van der Waals surface area contributed by atoms with Gasteiger partial charge < -0.3 is 10.4 Å². The first kappa shape index (κ1) is 15.2. The summed E-state index contributed by atoms with van der Waals surface area (Å²) < 4.78 is 0. The first-order chi connectivity index (χ1) is 12.2. The van der Waals surface area contributed by atoms with Gasteiger partial charge in [-0.25, -0.2) is 0 Å². The minimum atomic E-state index is -1.64. The second-order valence-corrected chi connectivity index (χ2v) is 6.06. The number of fused-ring (bicyclic) bond motifs is 2. The molecular formula is C22H16N2O. The van der Waals surface area contributed by atoms with Crippen molar-refractivity contribution in [1.82, 2.24) is 0 Å². The molecule has 4 rings (SSSR count). The standard InChI is InChI=1S/C22H16N2O/c23-15-22(25)12-11-17-6-3-4-8-20(17)21(22)14-24-19-10-9-16-5-1-2-7-18(16)13-19/h1-14,24-25H/b21-14-. The summed E-state index contributed by atoms with van der Waals surface area (Å²) in [5.74, 6) is 0. The first-order valence-corrected chi connectivity index (χ1v) is 8.08. The number of anilines is 1. The van der Waals surface area contributed by atoms with Crippen LogP contribution < -0.4 is 5.32 Å². The molecule has 0 heterocycles. The van der Waals surface area contributed by atoms with Crippen LogP contribution in [0.2, 0.25) is 0 Å². The van der Waals surface area contributed by atoms with Crippen molar-refractivity contribution in [3.05, 3.63) is 90.1 Å². The van der Waals surface area contributed by atoms with E-state index < -0.39 is 5.60 Å². The molecule has 25 heavy (non-hydrogen) atoms. The Kier molecular flexibility index (Phi) is 3.61. The van der Waals surface area contributed by atoms with E-state index >= 15 is 0 Å². The van der Waals surface area contributed by atoms with Crippen LogP contribution in [0.5, 0.6) is 0 Å². The molecule has 0 radical (unpaired) electrons. The topological polar surface area (TPSA) is 56.0 Å². The van der Waals surface area contributed by atoms with Gasteiger partial charge in [-0.2, -0.15) is 5.26 Å². The molecule has 3 nitrogen and oxygen atoms in total. The number of nitrogens with zero attached hydrogens (tertiary/aromatic N) is 1. The molecule has 3 aromatic rings. The van der Waals surface area contributed by atoms with Gasteiger partial charge in [-0.15, -0.1) is 0 Å². The van der Waals surface area contributed by atoms with Crippen LogP contribution in [0.4, 0.5) is 5.69 Å². The maximum absolute atomic E-state index is 10.7. The van der Waals surface area contributed by atoms with Gasteiger partial charge in [0, 0.05) is 17.5 Å². The van der Waals surface area contributed by atoms with Crippen LogP contribution in [0.15, 0.2) is 79.0 Å². The van der Waals surface area contributed by atoms with Crippen molar-refractivity contribution in [2.45, 2.75) is 5.60 Å². The molecule has 1 aliphatic rings. The van der Waals surface area contributed by atoms with Crippen LogP contribution in [0.3, 0.4) is 0 Å². The lowest BCUT2D eigenvalue weighted by Crippen LogP contribution is -2.28. The molecule has 0 aromatic heterocycles. The molecule has 0 aliphatic heterocycles. The van der Waals surface area contributed by atoms with E-state index in [9.17, 15) is 10.4 Å². The largest absolute Gasteiger partial charge is 0.368 e. The van der Waals surface area contributed by atoms with Crippen molar-refractivity contribution >= 4 is 28.1 Å². The lowest BCUT2D eigenvalue weighted by molar-refractivity contribution is 0.212. The SMILES string of the molecule is N#CC1(O)C=Cc2ccccc2/C1=C/Nc1ccc2ccccc2c1. The summed E-state index contributed by atoms with van der Waals surface area (Å²) in [7, 11) is 0. The zero-order valence-corrected chi connectivity index (χ0v) is 13.5. The Balaban J connectivity index is 1.75. The van der Waals surface area contributed by atoms with Crippen molar-refractivity contribution < 1.29 is 5.11 Å². The summed E-state index contributed by atoms with van der Waals surface area (Å²) in [6, 6.07) is 23.9. The number of aliphatic hydroxyl groups is 1. The fraction of sp³-hybridized carbons (Fsp3) is 0.0455.